The molecule has 0 amide bonds. The smallest absolute Gasteiger partial charge is 0.311 e. The van der Waals surface area contributed by atoms with Gasteiger partial charge in [-0.05, 0) is 12.0 Å². The van der Waals surface area contributed by atoms with Crippen LogP contribution in [0.25, 0.3) is 0 Å². The van der Waals surface area contributed by atoms with Crippen molar-refractivity contribution in [2.45, 2.75) is 12.3 Å². The van der Waals surface area contributed by atoms with Gasteiger partial charge in [0.25, 0.3) is 0 Å². The first-order chi connectivity index (χ1) is 8.69. The summed E-state index contributed by atoms with van der Waals surface area (Å²) in [7, 11) is 1.28. The van der Waals surface area contributed by atoms with E-state index in [-0.39, 0.29) is 5.92 Å². The van der Waals surface area contributed by atoms with Gasteiger partial charge in [-0.3, -0.25) is 4.79 Å². The molecule has 1 aromatic carbocycles. The van der Waals surface area contributed by atoms with E-state index in [1.54, 1.807) is 0 Å². The van der Waals surface area contributed by atoms with E-state index in [1.165, 1.54) is 7.11 Å². The maximum Gasteiger partial charge on any atom is 0.311 e. The lowest BCUT2D eigenvalue weighted by molar-refractivity contribution is -0.153. The fraction of sp³-hybridized carbons (Fsp3) is 0.357. The summed E-state index contributed by atoms with van der Waals surface area (Å²) in [5.41, 5.74) is -0.380. The summed E-state index contributed by atoms with van der Waals surface area (Å²) in [4.78, 5) is 11.6. The molecule has 1 saturated carbocycles. The van der Waals surface area contributed by atoms with E-state index in [0.29, 0.717) is 6.42 Å². The monoisotopic (exact) mass is 240 g/mol. The fourth-order valence-corrected chi connectivity index (χ4v) is 2.54. The number of hydrogen-bond acceptors (Lipinski definition) is 4. The van der Waals surface area contributed by atoms with Gasteiger partial charge in [-0.15, -0.1) is 0 Å². The summed E-state index contributed by atoms with van der Waals surface area (Å²) < 4.78 is 4.66. The van der Waals surface area contributed by atoms with Crippen LogP contribution in [-0.2, 0) is 9.53 Å². The predicted octanol–water partition coefficient (Wildman–Crippen LogP) is 2.00. The van der Waals surface area contributed by atoms with Crippen LogP contribution < -0.4 is 0 Å². The molecule has 4 heteroatoms. The van der Waals surface area contributed by atoms with E-state index < -0.39 is 17.3 Å². The number of esters is 1. The molecule has 2 atom stereocenters. The minimum atomic E-state index is -1.30. The Hall–Kier alpha value is -2.33. The van der Waals surface area contributed by atoms with Gasteiger partial charge in [-0.1, -0.05) is 30.3 Å². The molecule has 0 aliphatic heterocycles. The molecule has 0 N–H and O–H groups in total. The lowest BCUT2D eigenvalue weighted by Gasteiger charge is -2.45. The third-order valence-corrected chi connectivity index (χ3v) is 3.63. The van der Waals surface area contributed by atoms with Crippen LogP contribution in [0.15, 0.2) is 30.3 Å². The third kappa shape index (κ3) is 1.55. The highest BCUT2D eigenvalue weighted by Crippen LogP contribution is 2.56. The van der Waals surface area contributed by atoms with Gasteiger partial charge in [0.2, 0.25) is 0 Å². The van der Waals surface area contributed by atoms with Crippen LogP contribution in [0.5, 0.6) is 0 Å². The summed E-state index contributed by atoms with van der Waals surface area (Å²) in [6.07, 6.45) is 0.484. The first-order valence-electron chi connectivity index (χ1n) is 5.65. The maximum absolute atomic E-state index is 11.6. The Labute approximate surface area is 105 Å². The van der Waals surface area contributed by atoms with Gasteiger partial charge in [-0.2, -0.15) is 10.5 Å². The molecular weight excluding hydrogens is 228 g/mol. The van der Waals surface area contributed by atoms with Crippen LogP contribution in [-0.4, -0.2) is 13.1 Å². The summed E-state index contributed by atoms with van der Waals surface area (Å²) in [5.74, 6) is -1.36. The number of nitriles is 2. The summed E-state index contributed by atoms with van der Waals surface area (Å²) in [6.45, 7) is 0. The summed E-state index contributed by atoms with van der Waals surface area (Å²) in [6, 6.07) is 13.4. The molecular formula is C14H12N2O2. The van der Waals surface area contributed by atoms with Gasteiger partial charge in [0.15, 0.2) is 5.41 Å². The van der Waals surface area contributed by atoms with Crippen molar-refractivity contribution >= 4 is 5.97 Å². The van der Waals surface area contributed by atoms with Gasteiger partial charge in [0, 0.05) is 5.92 Å². The summed E-state index contributed by atoms with van der Waals surface area (Å²) >= 11 is 0. The zero-order chi connectivity index (χ0) is 13.2. The highest BCUT2D eigenvalue weighted by Gasteiger charge is 2.60. The molecule has 90 valence electrons. The van der Waals surface area contributed by atoms with Crippen LogP contribution in [0.4, 0.5) is 0 Å². The average molecular weight is 240 g/mol. The molecule has 0 aromatic heterocycles. The van der Waals surface area contributed by atoms with E-state index in [1.807, 2.05) is 42.5 Å². The lowest BCUT2D eigenvalue weighted by Crippen LogP contribution is -2.49. The van der Waals surface area contributed by atoms with Crippen molar-refractivity contribution in [3.63, 3.8) is 0 Å². The largest absolute Gasteiger partial charge is 0.469 e. The topological polar surface area (TPSA) is 73.9 Å². The van der Waals surface area contributed by atoms with Gasteiger partial charge in [0.1, 0.15) is 0 Å². The van der Waals surface area contributed by atoms with Crippen molar-refractivity contribution in [3.05, 3.63) is 35.9 Å². The molecule has 2 unspecified atom stereocenters. The number of benzene rings is 1. The Kier molecular flexibility index (Phi) is 3.04. The molecule has 1 aromatic rings. The standard InChI is InChI=1S/C14H12N2O2/c1-18-13(17)12-7-11(14(12,8-15)9-16)10-5-3-2-4-6-10/h2-6,11-12H,7H2,1H3. The predicted molar refractivity (Wildman–Crippen MR) is 63.0 cm³/mol. The van der Waals surface area contributed by atoms with E-state index in [0.717, 1.165) is 5.56 Å². The zero-order valence-electron chi connectivity index (χ0n) is 9.96. The van der Waals surface area contributed by atoms with Gasteiger partial charge in [0.05, 0.1) is 25.2 Å². The number of carbonyl (C=O) groups is 1. The molecule has 0 radical (unpaired) electrons. The van der Waals surface area contributed by atoms with E-state index in [4.69, 9.17) is 0 Å². The molecule has 18 heavy (non-hydrogen) atoms. The number of methoxy groups -OCH3 is 1. The molecule has 0 heterocycles. The molecule has 1 aliphatic rings. The second-order valence-electron chi connectivity index (χ2n) is 4.37. The quantitative estimate of drug-likeness (QED) is 0.741. The van der Waals surface area contributed by atoms with Crippen molar-refractivity contribution < 1.29 is 9.53 Å². The third-order valence-electron chi connectivity index (χ3n) is 3.63. The number of nitrogens with zero attached hydrogens (tertiary/aromatic N) is 2. The normalized spacial score (nSPS) is 24.2. The molecule has 0 saturated heterocycles. The molecule has 1 aliphatic carbocycles. The fourth-order valence-electron chi connectivity index (χ4n) is 2.54. The van der Waals surface area contributed by atoms with Crippen LogP contribution in [0.3, 0.4) is 0 Å². The zero-order valence-corrected chi connectivity index (χ0v) is 9.96. The average Bonchev–Trinajstić information content (AvgIpc) is 2.40. The minimum Gasteiger partial charge on any atom is -0.469 e. The van der Waals surface area contributed by atoms with Crippen molar-refractivity contribution in [1.82, 2.24) is 0 Å². The van der Waals surface area contributed by atoms with E-state index in [2.05, 4.69) is 4.74 Å². The number of hydrogen-bond donors (Lipinski definition) is 0. The Morgan fingerprint density at radius 3 is 2.44 bits per heavy atom. The molecule has 1 fully saturated rings. The van der Waals surface area contributed by atoms with Crippen molar-refractivity contribution in [3.8, 4) is 12.1 Å². The van der Waals surface area contributed by atoms with Crippen LogP contribution >= 0.6 is 0 Å². The van der Waals surface area contributed by atoms with Crippen molar-refractivity contribution in [1.29, 1.82) is 10.5 Å². The first-order valence-corrected chi connectivity index (χ1v) is 5.65. The Bertz CT molecular complexity index is 525. The molecule has 2 rings (SSSR count). The second kappa shape index (κ2) is 4.50. The minimum absolute atomic E-state index is 0.224. The SMILES string of the molecule is COC(=O)C1CC(c2ccccc2)C1(C#N)C#N. The highest BCUT2D eigenvalue weighted by atomic mass is 16.5. The Balaban J connectivity index is 2.36. The first kappa shape index (κ1) is 12.1. The Morgan fingerprint density at radius 2 is 1.94 bits per heavy atom. The van der Waals surface area contributed by atoms with E-state index in [9.17, 15) is 15.3 Å². The van der Waals surface area contributed by atoms with Crippen LogP contribution in [0.1, 0.15) is 17.9 Å². The molecule has 0 bridgehead atoms. The van der Waals surface area contributed by atoms with Crippen molar-refractivity contribution in [2.24, 2.45) is 11.3 Å². The van der Waals surface area contributed by atoms with Gasteiger partial charge < -0.3 is 4.74 Å². The van der Waals surface area contributed by atoms with E-state index >= 15 is 0 Å². The van der Waals surface area contributed by atoms with Gasteiger partial charge >= 0.3 is 5.97 Å². The molecule has 4 nitrogen and oxygen atoms in total. The lowest BCUT2D eigenvalue weighted by atomic mass is 9.52. The molecule has 0 spiro atoms. The highest BCUT2D eigenvalue weighted by molar-refractivity contribution is 5.77. The van der Waals surface area contributed by atoms with Crippen molar-refractivity contribution in [2.75, 3.05) is 7.11 Å². The number of carbonyl (C=O) groups excluding carboxylic acids is 1. The number of rotatable bonds is 2. The second-order valence-corrected chi connectivity index (χ2v) is 4.37. The van der Waals surface area contributed by atoms with Gasteiger partial charge in [-0.25, -0.2) is 0 Å². The van der Waals surface area contributed by atoms with Crippen LogP contribution in [0.2, 0.25) is 0 Å². The number of ether oxygens (including phenoxy) is 1. The Morgan fingerprint density at radius 1 is 1.33 bits per heavy atom. The summed E-state index contributed by atoms with van der Waals surface area (Å²) in [5, 5.41) is 18.6. The maximum atomic E-state index is 11.6. The van der Waals surface area contributed by atoms with Crippen LogP contribution in [0, 0.1) is 34.0 Å².